The van der Waals surface area contributed by atoms with E-state index in [2.05, 4.69) is 5.32 Å². The van der Waals surface area contributed by atoms with Crippen molar-refractivity contribution in [3.05, 3.63) is 64.7 Å². The maximum Gasteiger partial charge on any atom is 0.234 e. The highest BCUT2D eigenvalue weighted by atomic mass is 32.2. The molecule has 2 aromatic rings. The average Bonchev–Trinajstić information content (AvgIpc) is 2.73. The summed E-state index contributed by atoms with van der Waals surface area (Å²) >= 11 is 1.32. The fourth-order valence-corrected chi connectivity index (χ4v) is 4.66. The fraction of sp³-hybridized carbons (Fsp3) is 0.400. The van der Waals surface area contributed by atoms with Crippen molar-refractivity contribution in [3.8, 4) is 0 Å². The molecule has 6 heteroatoms. The predicted molar refractivity (Wildman–Crippen MR) is 127 cm³/mol. The molecule has 0 unspecified atom stereocenters. The molecule has 0 saturated carbocycles. The number of thioether (sulfide) groups is 1. The number of nitrogens with zero attached hydrogens (tertiary/aromatic N) is 1. The number of aryl methyl sites for hydroxylation is 3. The van der Waals surface area contributed by atoms with Crippen LogP contribution >= 0.6 is 11.8 Å². The number of hydrogen-bond acceptors (Lipinski definition) is 4. The van der Waals surface area contributed by atoms with Gasteiger partial charge in [0.2, 0.25) is 11.8 Å². The molecule has 2 amide bonds. The zero-order valence-electron chi connectivity index (χ0n) is 18.4. The van der Waals surface area contributed by atoms with Gasteiger partial charge in [0.15, 0.2) is 5.78 Å². The molecule has 0 radical (unpaired) electrons. The maximum absolute atomic E-state index is 12.9. The van der Waals surface area contributed by atoms with Crippen molar-refractivity contribution in [2.45, 2.75) is 33.6 Å². The third kappa shape index (κ3) is 6.44. The largest absolute Gasteiger partial charge is 0.342 e. The standard InChI is InChI=1S/C25H30N2O3S/c1-17-5-4-6-21(14-17)26-23(28)15-31-16-24(29)27-11-9-20(10-12-27)25(30)22-8-7-18(2)13-19(22)3/h4-8,13-14,20H,9-12,15-16H2,1-3H3,(H,26,28). The van der Waals surface area contributed by atoms with Crippen molar-refractivity contribution in [3.63, 3.8) is 0 Å². The first kappa shape index (κ1) is 23.1. The third-order valence-electron chi connectivity index (χ3n) is 5.63. The molecule has 1 heterocycles. The van der Waals surface area contributed by atoms with Gasteiger partial charge in [0.1, 0.15) is 0 Å². The lowest BCUT2D eigenvalue weighted by molar-refractivity contribution is -0.129. The first-order valence-corrected chi connectivity index (χ1v) is 11.8. The Morgan fingerprint density at radius 1 is 0.968 bits per heavy atom. The van der Waals surface area contributed by atoms with Crippen molar-refractivity contribution >= 4 is 35.0 Å². The highest BCUT2D eigenvalue weighted by Gasteiger charge is 2.28. The molecule has 1 fully saturated rings. The minimum Gasteiger partial charge on any atom is -0.342 e. The van der Waals surface area contributed by atoms with E-state index in [9.17, 15) is 14.4 Å². The van der Waals surface area contributed by atoms with Gasteiger partial charge in [-0.3, -0.25) is 14.4 Å². The molecule has 31 heavy (non-hydrogen) atoms. The zero-order chi connectivity index (χ0) is 22.4. The van der Waals surface area contributed by atoms with Gasteiger partial charge in [-0.1, -0.05) is 35.9 Å². The predicted octanol–water partition coefficient (Wildman–Crippen LogP) is 4.41. The van der Waals surface area contributed by atoms with E-state index in [1.165, 1.54) is 11.8 Å². The summed E-state index contributed by atoms with van der Waals surface area (Å²) in [6, 6.07) is 13.6. The van der Waals surface area contributed by atoms with E-state index < -0.39 is 0 Å². The zero-order valence-corrected chi connectivity index (χ0v) is 19.3. The van der Waals surface area contributed by atoms with E-state index in [0.29, 0.717) is 25.9 Å². The second-order valence-corrected chi connectivity index (χ2v) is 9.23. The van der Waals surface area contributed by atoms with Crippen LogP contribution in [0, 0.1) is 26.7 Å². The van der Waals surface area contributed by atoms with Gasteiger partial charge in [0.25, 0.3) is 0 Å². The van der Waals surface area contributed by atoms with Gasteiger partial charge < -0.3 is 10.2 Å². The second kappa shape index (κ2) is 10.6. The number of hydrogen-bond donors (Lipinski definition) is 1. The van der Waals surface area contributed by atoms with Crippen LogP contribution in [0.5, 0.6) is 0 Å². The fourth-order valence-electron chi connectivity index (χ4n) is 3.94. The second-order valence-electron chi connectivity index (χ2n) is 8.25. The molecule has 1 aliphatic rings. The molecule has 0 spiro atoms. The Morgan fingerprint density at radius 3 is 2.35 bits per heavy atom. The number of anilines is 1. The molecular weight excluding hydrogens is 408 g/mol. The summed E-state index contributed by atoms with van der Waals surface area (Å²) in [5.41, 5.74) is 4.82. The number of likely N-dealkylation sites (tertiary alicyclic amines) is 1. The molecule has 2 aromatic carbocycles. The Kier molecular flexibility index (Phi) is 7.91. The summed E-state index contributed by atoms with van der Waals surface area (Å²) in [6.45, 7) is 7.16. The summed E-state index contributed by atoms with van der Waals surface area (Å²) < 4.78 is 0. The molecule has 1 N–H and O–H groups in total. The van der Waals surface area contributed by atoms with Gasteiger partial charge in [0.05, 0.1) is 11.5 Å². The van der Waals surface area contributed by atoms with Gasteiger partial charge in [-0.15, -0.1) is 11.8 Å². The van der Waals surface area contributed by atoms with Crippen LogP contribution in [0.3, 0.4) is 0 Å². The number of rotatable bonds is 7. The van der Waals surface area contributed by atoms with Crippen LogP contribution in [0.2, 0.25) is 0 Å². The Bertz CT molecular complexity index is 965. The van der Waals surface area contributed by atoms with Gasteiger partial charge in [-0.25, -0.2) is 0 Å². The van der Waals surface area contributed by atoms with Crippen LogP contribution in [0.25, 0.3) is 0 Å². The van der Waals surface area contributed by atoms with E-state index >= 15 is 0 Å². The summed E-state index contributed by atoms with van der Waals surface area (Å²) in [4.78, 5) is 39.3. The SMILES string of the molecule is Cc1cccc(NC(=O)CSCC(=O)N2CCC(C(=O)c3ccc(C)cc3C)CC2)c1. The maximum atomic E-state index is 12.9. The molecule has 1 saturated heterocycles. The molecule has 3 rings (SSSR count). The molecule has 5 nitrogen and oxygen atoms in total. The van der Waals surface area contributed by atoms with Crippen LogP contribution in [-0.2, 0) is 9.59 Å². The smallest absolute Gasteiger partial charge is 0.234 e. The minimum atomic E-state index is -0.110. The van der Waals surface area contributed by atoms with Crippen molar-refractivity contribution in [2.75, 3.05) is 29.9 Å². The molecule has 0 bridgehead atoms. The van der Waals surface area contributed by atoms with E-state index in [-0.39, 0.29) is 35.0 Å². The van der Waals surface area contributed by atoms with Crippen LogP contribution in [-0.4, -0.2) is 47.1 Å². The number of Topliss-reactive ketones (excluding diaryl/α,β-unsaturated/α-hetero) is 1. The van der Waals surface area contributed by atoms with Crippen LogP contribution < -0.4 is 5.32 Å². The molecule has 164 valence electrons. The Hall–Kier alpha value is -2.60. The summed E-state index contributed by atoms with van der Waals surface area (Å²) in [7, 11) is 0. The van der Waals surface area contributed by atoms with Gasteiger partial charge in [0, 0.05) is 30.3 Å². The van der Waals surface area contributed by atoms with E-state index in [1.54, 1.807) is 0 Å². The monoisotopic (exact) mass is 438 g/mol. The summed E-state index contributed by atoms with van der Waals surface area (Å²) in [5.74, 6) is 0.593. The van der Waals surface area contributed by atoms with Gasteiger partial charge >= 0.3 is 0 Å². The van der Waals surface area contributed by atoms with E-state index in [4.69, 9.17) is 0 Å². The number of nitrogens with one attached hydrogen (secondary N) is 1. The third-order valence-corrected chi connectivity index (χ3v) is 6.54. The lowest BCUT2D eigenvalue weighted by Gasteiger charge is -2.31. The lowest BCUT2D eigenvalue weighted by Crippen LogP contribution is -2.41. The minimum absolute atomic E-state index is 0.0294. The quantitative estimate of drug-likeness (QED) is 0.651. The van der Waals surface area contributed by atoms with Crippen molar-refractivity contribution in [2.24, 2.45) is 5.92 Å². The number of ketones is 1. The summed E-state index contributed by atoms with van der Waals surface area (Å²) in [6.07, 6.45) is 1.38. The van der Waals surface area contributed by atoms with Crippen LogP contribution in [0.1, 0.15) is 39.9 Å². The number of carbonyl (C=O) groups excluding carboxylic acids is 3. The lowest BCUT2D eigenvalue weighted by atomic mass is 9.87. The number of amides is 2. The molecule has 0 aromatic heterocycles. The average molecular weight is 439 g/mol. The van der Waals surface area contributed by atoms with Crippen molar-refractivity contribution in [1.82, 2.24) is 4.90 Å². The highest BCUT2D eigenvalue weighted by Crippen LogP contribution is 2.24. The summed E-state index contributed by atoms with van der Waals surface area (Å²) in [5, 5.41) is 2.86. The molecular formula is C25H30N2O3S. The van der Waals surface area contributed by atoms with Crippen molar-refractivity contribution in [1.29, 1.82) is 0 Å². The Labute approximate surface area is 188 Å². The first-order valence-electron chi connectivity index (χ1n) is 10.7. The Morgan fingerprint density at radius 2 is 1.68 bits per heavy atom. The normalized spacial score (nSPS) is 14.4. The van der Waals surface area contributed by atoms with Gasteiger partial charge in [-0.2, -0.15) is 0 Å². The molecule has 0 aliphatic carbocycles. The van der Waals surface area contributed by atoms with Gasteiger partial charge in [-0.05, 0) is 56.9 Å². The van der Waals surface area contributed by atoms with Crippen LogP contribution in [0.15, 0.2) is 42.5 Å². The van der Waals surface area contributed by atoms with Crippen molar-refractivity contribution < 1.29 is 14.4 Å². The van der Waals surface area contributed by atoms with Crippen LogP contribution in [0.4, 0.5) is 5.69 Å². The number of benzene rings is 2. The number of piperidine rings is 1. The topological polar surface area (TPSA) is 66.5 Å². The first-order chi connectivity index (χ1) is 14.8. The van der Waals surface area contributed by atoms with E-state index in [1.807, 2.05) is 68.1 Å². The Balaban J connectivity index is 1.40. The molecule has 1 aliphatic heterocycles. The highest BCUT2D eigenvalue weighted by molar-refractivity contribution is 8.00. The molecule has 0 atom stereocenters. The van der Waals surface area contributed by atoms with E-state index in [0.717, 1.165) is 27.9 Å². The number of carbonyl (C=O) groups is 3.